The second-order valence-corrected chi connectivity index (χ2v) is 10.8. The molecule has 0 aliphatic carbocycles. The van der Waals surface area contributed by atoms with Crippen LogP contribution in [0.25, 0.3) is 4.85 Å². The van der Waals surface area contributed by atoms with E-state index in [9.17, 15) is 13.2 Å². The van der Waals surface area contributed by atoms with Gasteiger partial charge in [-0.05, 0) is 69.9 Å². The molecule has 0 bridgehead atoms. The summed E-state index contributed by atoms with van der Waals surface area (Å²) in [5.41, 5.74) is 1.18. The number of carbonyl (C=O) groups is 1. The molecule has 30 heavy (non-hydrogen) atoms. The summed E-state index contributed by atoms with van der Waals surface area (Å²) >= 11 is 5.74. The Hall–Kier alpha value is -2.02. The molecule has 2 heterocycles. The van der Waals surface area contributed by atoms with Crippen molar-refractivity contribution in [3.63, 3.8) is 0 Å². The number of aryl methyl sites for hydroxylation is 1. The van der Waals surface area contributed by atoms with Crippen LogP contribution in [0.1, 0.15) is 45.6 Å². The van der Waals surface area contributed by atoms with Crippen molar-refractivity contribution in [1.82, 2.24) is 9.21 Å². The van der Waals surface area contributed by atoms with Crippen molar-refractivity contribution < 1.29 is 13.2 Å². The summed E-state index contributed by atoms with van der Waals surface area (Å²) in [6, 6.07) is 5.28. The van der Waals surface area contributed by atoms with Crippen molar-refractivity contribution in [3.05, 3.63) is 35.2 Å². The van der Waals surface area contributed by atoms with Gasteiger partial charge < -0.3 is 4.90 Å². The average molecular weight is 449 g/mol. The smallest absolute Gasteiger partial charge is 0.258 e. The van der Waals surface area contributed by atoms with E-state index >= 15 is 0 Å². The van der Waals surface area contributed by atoms with Gasteiger partial charge in [-0.2, -0.15) is 0 Å². The lowest BCUT2D eigenvalue weighted by Crippen LogP contribution is -2.54. The third kappa shape index (κ3) is 3.84. The van der Waals surface area contributed by atoms with Crippen molar-refractivity contribution >= 4 is 44.6 Å². The molecular weight excluding hydrogens is 420 g/mol. The van der Waals surface area contributed by atoms with Gasteiger partial charge in [-0.15, -0.1) is 0 Å². The fraction of sp³-hybridized carbons (Fsp3) is 0.571. The number of piperidine rings is 1. The number of rotatable bonds is 5. The van der Waals surface area contributed by atoms with Gasteiger partial charge in [-0.3, -0.25) is 9.69 Å². The molecular formula is C21H28N4O3S2. The first kappa shape index (κ1) is 22.7. The average Bonchev–Trinajstić information content (AvgIpc) is 2.86. The highest BCUT2D eigenvalue weighted by Gasteiger charge is 2.52. The Morgan fingerprint density at radius 1 is 1.27 bits per heavy atom. The predicted octanol–water partition coefficient (Wildman–Crippen LogP) is 3.46. The van der Waals surface area contributed by atoms with Crippen molar-refractivity contribution in [2.24, 2.45) is 0 Å². The Balaban J connectivity index is 1.83. The van der Waals surface area contributed by atoms with Crippen LogP contribution in [0.2, 0.25) is 0 Å². The van der Waals surface area contributed by atoms with Crippen LogP contribution < -0.4 is 4.90 Å². The molecule has 2 fully saturated rings. The lowest BCUT2D eigenvalue weighted by atomic mass is 9.97. The second kappa shape index (κ2) is 8.25. The number of nitrogens with zero attached hydrogens (tertiary/aromatic N) is 4. The quantitative estimate of drug-likeness (QED) is 0.510. The summed E-state index contributed by atoms with van der Waals surface area (Å²) in [6.07, 6.45) is 1.85. The van der Waals surface area contributed by atoms with E-state index in [-0.39, 0.29) is 17.7 Å². The van der Waals surface area contributed by atoms with Gasteiger partial charge in [0, 0.05) is 24.8 Å². The van der Waals surface area contributed by atoms with Crippen molar-refractivity contribution in [2.75, 3.05) is 23.7 Å². The zero-order valence-electron chi connectivity index (χ0n) is 17.9. The molecule has 0 saturated carbocycles. The maximum atomic E-state index is 13.3. The van der Waals surface area contributed by atoms with Crippen LogP contribution in [0.5, 0.6) is 0 Å². The largest absolute Gasteiger partial charge is 0.331 e. The minimum atomic E-state index is -3.22. The van der Waals surface area contributed by atoms with E-state index in [4.69, 9.17) is 18.8 Å². The molecule has 1 aromatic carbocycles. The highest BCUT2D eigenvalue weighted by atomic mass is 32.2. The molecule has 0 spiro atoms. The first-order chi connectivity index (χ1) is 14.0. The third-order valence-corrected chi connectivity index (χ3v) is 8.38. The molecule has 162 valence electrons. The molecule has 2 aliphatic heterocycles. The van der Waals surface area contributed by atoms with E-state index in [1.807, 2.05) is 38.7 Å². The van der Waals surface area contributed by atoms with Crippen molar-refractivity contribution in [2.45, 2.75) is 58.5 Å². The Morgan fingerprint density at radius 3 is 2.43 bits per heavy atom. The van der Waals surface area contributed by atoms with E-state index in [1.165, 1.54) is 0 Å². The molecule has 9 heteroatoms. The molecule has 1 amide bonds. The summed E-state index contributed by atoms with van der Waals surface area (Å²) < 4.78 is 26.3. The maximum absolute atomic E-state index is 13.3. The lowest BCUT2D eigenvalue weighted by molar-refractivity contribution is -0.124. The number of hydrogen-bond donors (Lipinski definition) is 0. The van der Waals surface area contributed by atoms with E-state index < -0.39 is 15.6 Å². The number of amides is 1. The van der Waals surface area contributed by atoms with Gasteiger partial charge in [-0.1, -0.05) is 13.0 Å². The first-order valence-electron chi connectivity index (χ1n) is 10.2. The van der Waals surface area contributed by atoms with Gasteiger partial charge >= 0.3 is 0 Å². The molecule has 0 unspecified atom stereocenters. The number of carbonyl (C=O) groups excluding carboxylic acids is 1. The van der Waals surface area contributed by atoms with Gasteiger partial charge in [0.05, 0.1) is 12.3 Å². The minimum absolute atomic E-state index is 0.00172. The van der Waals surface area contributed by atoms with Crippen molar-refractivity contribution in [1.29, 1.82) is 0 Å². The number of benzene rings is 1. The number of thiocarbonyl (C=S) groups is 1. The first-order valence-corrected chi connectivity index (χ1v) is 12.2. The monoisotopic (exact) mass is 448 g/mol. The fourth-order valence-electron chi connectivity index (χ4n) is 4.32. The standard InChI is InChI=1S/C21H28N4O3S2/c1-6-13-30(27,28)23-11-9-16(10-12-23)25-20(29)24(19(26)21(25,3)4)17-7-8-18(22-5)15(2)14-17/h7-8,14,16H,6,9-13H2,1-4H3. The summed E-state index contributed by atoms with van der Waals surface area (Å²) in [5.74, 6) is 0.0563. The van der Waals surface area contributed by atoms with Gasteiger partial charge in [-0.25, -0.2) is 17.6 Å². The van der Waals surface area contributed by atoms with Gasteiger partial charge in [0.15, 0.2) is 10.8 Å². The topological polar surface area (TPSA) is 65.3 Å². The molecule has 0 atom stereocenters. The number of anilines is 1. The Kier molecular flexibility index (Phi) is 6.23. The Bertz CT molecular complexity index is 1010. The van der Waals surface area contributed by atoms with Gasteiger partial charge in [0.1, 0.15) is 5.54 Å². The molecule has 2 saturated heterocycles. The molecule has 3 rings (SSSR count). The van der Waals surface area contributed by atoms with E-state index in [0.29, 0.717) is 48.8 Å². The molecule has 0 aromatic heterocycles. The summed E-state index contributed by atoms with van der Waals surface area (Å²) in [5, 5.41) is 0.440. The third-order valence-electron chi connectivity index (χ3n) is 5.93. The molecule has 7 nitrogen and oxygen atoms in total. The van der Waals surface area contributed by atoms with Crippen molar-refractivity contribution in [3.8, 4) is 0 Å². The molecule has 2 aliphatic rings. The lowest BCUT2D eigenvalue weighted by Gasteiger charge is -2.41. The van der Waals surface area contributed by atoms with Crippen LogP contribution in [0.15, 0.2) is 18.2 Å². The van der Waals surface area contributed by atoms with E-state index in [0.717, 1.165) is 5.56 Å². The Labute approximate surface area is 184 Å². The summed E-state index contributed by atoms with van der Waals surface area (Å²) in [7, 11) is -3.22. The van der Waals surface area contributed by atoms with Crippen LogP contribution in [0, 0.1) is 13.5 Å². The van der Waals surface area contributed by atoms with Crippen LogP contribution in [-0.4, -0.2) is 59.1 Å². The van der Waals surface area contributed by atoms with Gasteiger partial charge in [0.2, 0.25) is 10.0 Å². The predicted molar refractivity (Wildman–Crippen MR) is 122 cm³/mol. The normalized spacial score (nSPS) is 20.6. The number of hydrogen-bond acceptors (Lipinski definition) is 4. The molecule has 0 N–H and O–H groups in total. The van der Waals surface area contributed by atoms with Crippen LogP contribution in [0.3, 0.4) is 0 Å². The zero-order chi connectivity index (χ0) is 22.3. The number of sulfonamides is 1. The van der Waals surface area contributed by atoms with Crippen LogP contribution in [-0.2, 0) is 14.8 Å². The highest BCUT2D eigenvalue weighted by Crippen LogP contribution is 2.37. The van der Waals surface area contributed by atoms with E-state index in [1.54, 1.807) is 21.3 Å². The molecule has 1 aromatic rings. The maximum Gasteiger partial charge on any atom is 0.258 e. The highest BCUT2D eigenvalue weighted by molar-refractivity contribution is 7.89. The minimum Gasteiger partial charge on any atom is -0.331 e. The van der Waals surface area contributed by atoms with Gasteiger partial charge in [0.25, 0.3) is 5.91 Å². The zero-order valence-corrected chi connectivity index (χ0v) is 19.5. The fourth-order valence-corrected chi connectivity index (χ4v) is 6.43. The van der Waals surface area contributed by atoms with Crippen LogP contribution in [0.4, 0.5) is 11.4 Å². The van der Waals surface area contributed by atoms with E-state index in [2.05, 4.69) is 4.85 Å². The summed E-state index contributed by atoms with van der Waals surface area (Å²) in [4.78, 5) is 20.3. The second-order valence-electron chi connectivity index (χ2n) is 8.38. The SMILES string of the molecule is [C-]#[N+]c1ccc(N2C(=O)C(C)(C)N(C3CCN(S(=O)(=O)CCC)CC3)C2=S)cc1C. The molecule has 0 radical (unpaired) electrons. The summed E-state index contributed by atoms with van der Waals surface area (Å²) in [6.45, 7) is 15.5. The Morgan fingerprint density at radius 2 is 1.90 bits per heavy atom. The van der Waals surface area contributed by atoms with Crippen LogP contribution >= 0.6 is 12.2 Å².